The number of fused-ring (bicyclic) bond motifs is 1. The van der Waals surface area contributed by atoms with Gasteiger partial charge in [-0.25, -0.2) is 9.97 Å². The number of hydrogen-bond acceptors (Lipinski definition) is 5. The molecule has 0 radical (unpaired) electrons. The number of aromatic hydroxyl groups is 1. The van der Waals surface area contributed by atoms with E-state index >= 15 is 0 Å². The first-order valence-corrected chi connectivity index (χ1v) is 8.71. The van der Waals surface area contributed by atoms with Gasteiger partial charge in [0.15, 0.2) is 5.82 Å². The third-order valence-electron chi connectivity index (χ3n) is 4.71. The van der Waals surface area contributed by atoms with E-state index < -0.39 is 0 Å². The summed E-state index contributed by atoms with van der Waals surface area (Å²) < 4.78 is 0. The number of aromatic nitrogens is 2. The van der Waals surface area contributed by atoms with E-state index in [0.717, 1.165) is 36.2 Å². The summed E-state index contributed by atoms with van der Waals surface area (Å²) in [5, 5.41) is 14.8. The minimum absolute atomic E-state index is 0.195. The van der Waals surface area contributed by atoms with Gasteiger partial charge in [-0.05, 0) is 50.7 Å². The van der Waals surface area contributed by atoms with Crippen LogP contribution in [0, 0.1) is 0 Å². The summed E-state index contributed by atoms with van der Waals surface area (Å²) >= 11 is 0. The average Bonchev–Trinajstić information content (AvgIpc) is 2.62. The molecule has 25 heavy (non-hydrogen) atoms. The van der Waals surface area contributed by atoms with Crippen LogP contribution in [0.5, 0.6) is 5.75 Å². The first-order valence-electron chi connectivity index (χ1n) is 8.71. The molecule has 4 rings (SSSR count). The first-order chi connectivity index (χ1) is 12.2. The molecule has 0 aliphatic carbocycles. The van der Waals surface area contributed by atoms with E-state index in [1.54, 1.807) is 12.1 Å². The second kappa shape index (κ2) is 6.69. The second-order valence-electron chi connectivity index (χ2n) is 6.68. The zero-order chi connectivity index (χ0) is 17.2. The Labute approximate surface area is 147 Å². The van der Waals surface area contributed by atoms with Gasteiger partial charge < -0.3 is 15.3 Å². The molecule has 0 amide bonds. The molecule has 1 saturated heterocycles. The lowest BCUT2D eigenvalue weighted by atomic mass is 10.1. The largest absolute Gasteiger partial charge is 0.507 e. The number of likely N-dealkylation sites (N-methyl/N-ethyl adjacent to an activating group) is 1. The van der Waals surface area contributed by atoms with Crippen molar-refractivity contribution in [2.45, 2.75) is 18.9 Å². The molecular weight excluding hydrogens is 312 g/mol. The summed E-state index contributed by atoms with van der Waals surface area (Å²) in [6, 6.07) is 15.6. The van der Waals surface area contributed by atoms with Crippen molar-refractivity contribution in [3.05, 3.63) is 48.5 Å². The highest BCUT2D eigenvalue weighted by Gasteiger charge is 2.19. The van der Waals surface area contributed by atoms with Crippen molar-refractivity contribution < 1.29 is 5.11 Å². The Kier molecular flexibility index (Phi) is 4.24. The van der Waals surface area contributed by atoms with Gasteiger partial charge in [-0.1, -0.05) is 24.3 Å². The maximum Gasteiger partial charge on any atom is 0.165 e. The van der Waals surface area contributed by atoms with Crippen LogP contribution in [0.4, 0.5) is 5.82 Å². The first kappa shape index (κ1) is 15.8. The number of likely N-dealkylation sites (tertiary alicyclic amines) is 1. The molecule has 1 aromatic heterocycles. The minimum Gasteiger partial charge on any atom is -0.507 e. The molecule has 1 aliphatic rings. The van der Waals surface area contributed by atoms with E-state index in [1.807, 2.05) is 36.4 Å². The minimum atomic E-state index is 0.195. The fraction of sp³-hybridized carbons (Fsp3) is 0.300. The number of piperidine rings is 1. The summed E-state index contributed by atoms with van der Waals surface area (Å²) in [4.78, 5) is 11.7. The molecule has 1 aliphatic heterocycles. The highest BCUT2D eigenvalue weighted by Crippen LogP contribution is 2.30. The van der Waals surface area contributed by atoms with Gasteiger partial charge in [0.2, 0.25) is 0 Å². The molecule has 3 aromatic rings. The Bertz CT molecular complexity index is 896. The molecule has 2 N–H and O–H groups in total. The van der Waals surface area contributed by atoms with Crippen molar-refractivity contribution in [1.82, 2.24) is 14.9 Å². The predicted octanol–water partition coefficient (Wildman–Crippen LogP) is 3.51. The molecule has 5 nitrogen and oxygen atoms in total. The molecule has 0 unspecified atom stereocenters. The molecule has 0 spiro atoms. The van der Waals surface area contributed by atoms with Gasteiger partial charge in [-0.3, -0.25) is 0 Å². The molecule has 0 saturated carbocycles. The predicted molar refractivity (Wildman–Crippen MR) is 101 cm³/mol. The van der Waals surface area contributed by atoms with Gasteiger partial charge >= 0.3 is 0 Å². The number of para-hydroxylation sites is 2. The quantitative estimate of drug-likeness (QED) is 0.767. The van der Waals surface area contributed by atoms with Gasteiger partial charge in [0.1, 0.15) is 11.6 Å². The van der Waals surface area contributed by atoms with Crippen molar-refractivity contribution in [3.63, 3.8) is 0 Å². The molecule has 1 atom stereocenters. The van der Waals surface area contributed by atoms with Crippen LogP contribution < -0.4 is 5.32 Å². The Hall–Kier alpha value is -2.66. The topological polar surface area (TPSA) is 61.3 Å². The lowest BCUT2D eigenvalue weighted by molar-refractivity contribution is 0.261. The number of rotatable bonds is 3. The monoisotopic (exact) mass is 334 g/mol. The highest BCUT2D eigenvalue weighted by molar-refractivity contribution is 5.91. The molecule has 2 heterocycles. The molecule has 5 heteroatoms. The van der Waals surface area contributed by atoms with Crippen LogP contribution >= 0.6 is 0 Å². The number of phenolic OH excluding ortho intramolecular Hbond substituents is 1. The number of hydrogen-bond donors (Lipinski definition) is 2. The van der Waals surface area contributed by atoms with Crippen molar-refractivity contribution in [3.8, 4) is 17.1 Å². The number of anilines is 1. The number of phenols is 1. The summed E-state index contributed by atoms with van der Waals surface area (Å²) in [5.74, 6) is 1.58. The van der Waals surface area contributed by atoms with Crippen molar-refractivity contribution in [2.24, 2.45) is 0 Å². The summed E-state index contributed by atoms with van der Waals surface area (Å²) in [6.45, 7) is 2.15. The van der Waals surface area contributed by atoms with Gasteiger partial charge in [0.25, 0.3) is 0 Å². The number of nitrogens with zero attached hydrogens (tertiary/aromatic N) is 3. The van der Waals surface area contributed by atoms with Crippen molar-refractivity contribution in [1.29, 1.82) is 0 Å². The summed E-state index contributed by atoms with van der Waals surface area (Å²) in [5.41, 5.74) is 1.53. The number of benzene rings is 2. The van der Waals surface area contributed by atoms with Crippen LogP contribution in [0.3, 0.4) is 0 Å². The van der Waals surface area contributed by atoms with Crippen LogP contribution in [0.1, 0.15) is 12.8 Å². The van der Waals surface area contributed by atoms with Crippen molar-refractivity contribution in [2.75, 3.05) is 25.5 Å². The second-order valence-corrected chi connectivity index (χ2v) is 6.68. The van der Waals surface area contributed by atoms with Gasteiger partial charge in [0.05, 0.1) is 11.1 Å². The fourth-order valence-electron chi connectivity index (χ4n) is 3.45. The normalized spacial score (nSPS) is 18.4. The van der Waals surface area contributed by atoms with Gasteiger partial charge in [-0.2, -0.15) is 0 Å². The lowest BCUT2D eigenvalue weighted by Crippen LogP contribution is -2.40. The molecular formula is C20H22N4O. The Morgan fingerprint density at radius 3 is 2.72 bits per heavy atom. The smallest absolute Gasteiger partial charge is 0.165 e. The Balaban J connectivity index is 1.78. The van der Waals surface area contributed by atoms with E-state index in [9.17, 15) is 5.11 Å². The Morgan fingerprint density at radius 1 is 1.08 bits per heavy atom. The highest BCUT2D eigenvalue weighted by atomic mass is 16.3. The van der Waals surface area contributed by atoms with Crippen LogP contribution in [-0.4, -0.2) is 46.2 Å². The van der Waals surface area contributed by atoms with Crippen LogP contribution in [-0.2, 0) is 0 Å². The Morgan fingerprint density at radius 2 is 1.88 bits per heavy atom. The van der Waals surface area contributed by atoms with Crippen LogP contribution in [0.25, 0.3) is 22.3 Å². The van der Waals surface area contributed by atoms with Crippen molar-refractivity contribution >= 4 is 16.7 Å². The fourth-order valence-corrected chi connectivity index (χ4v) is 3.45. The standard InChI is InChI=1S/C20H22N4O/c1-24-12-6-7-14(13-24)21-19-15-8-2-4-10-17(15)22-20(23-19)16-9-3-5-11-18(16)25/h2-5,8-11,14,25H,6-7,12-13H2,1H3,(H,21,22,23)/t14-/m0/s1. The van der Waals surface area contributed by atoms with E-state index in [1.165, 1.54) is 6.42 Å². The third kappa shape index (κ3) is 3.28. The summed E-state index contributed by atoms with van der Waals surface area (Å²) in [7, 11) is 2.15. The summed E-state index contributed by atoms with van der Waals surface area (Å²) in [6.07, 6.45) is 2.32. The van der Waals surface area contributed by atoms with Gasteiger partial charge in [0, 0.05) is 18.0 Å². The molecule has 1 fully saturated rings. The zero-order valence-electron chi connectivity index (χ0n) is 14.3. The van der Waals surface area contributed by atoms with E-state index in [4.69, 9.17) is 4.98 Å². The van der Waals surface area contributed by atoms with Crippen LogP contribution in [0.2, 0.25) is 0 Å². The molecule has 2 aromatic carbocycles. The van der Waals surface area contributed by atoms with Crippen LogP contribution in [0.15, 0.2) is 48.5 Å². The molecule has 0 bridgehead atoms. The van der Waals surface area contributed by atoms with Gasteiger partial charge in [-0.15, -0.1) is 0 Å². The molecule has 128 valence electrons. The SMILES string of the molecule is CN1CCC[C@H](Nc2nc(-c3ccccc3O)nc3ccccc23)C1. The maximum atomic E-state index is 10.2. The average molecular weight is 334 g/mol. The third-order valence-corrected chi connectivity index (χ3v) is 4.71. The van der Waals surface area contributed by atoms with E-state index in [-0.39, 0.29) is 5.75 Å². The van der Waals surface area contributed by atoms with E-state index in [0.29, 0.717) is 17.4 Å². The van der Waals surface area contributed by atoms with E-state index in [2.05, 4.69) is 22.2 Å². The number of nitrogens with one attached hydrogen (secondary N) is 1. The zero-order valence-corrected chi connectivity index (χ0v) is 14.3. The lowest BCUT2D eigenvalue weighted by Gasteiger charge is -2.30. The maximum absolute atomic E-state index is 10.2.